The fourth-order valence-electron chi connectivity index (χ4n) is 2.55. The van der Waals surface area contributed by atoms with E-state index >= 15 is 0 Å². The Morgan fingerprint density at radius 1 is 1.35 bits per heavy atom. The Labute approximate surface area is 123 Å². The van der Waals surface area contributed by atoms with E-state index in [0.29, 0.717) is 6.54 Å². The molecule has 0 aliphatic carbocycles. The number of nitrogens with zero attached hydrogens (tertiary/aromatic N) is 2. The molecule has 5 atom stereocenters. The van der Waals surface area contributed by atoms with Gasteiger partial charge in [0.05, 0.1) is 24.0 Å². The van der Waals surface area contributed by atoms with Crippen molar-refractivity contribution in [2.75, 3.05) is 27.2 Å². The van der Waals surface area contributed by atoms with Crippen LogP contribution in [0.4, 0.5) is 0 Å². The molecule has 2 aliphatic heterocycles. The second-order valence-corrected chi connectivity index (χ2v) is 6.26. The first-order valence-corrected chi connectivity index (χ1v) is 7.68. The van der Waals surface area contributed by atoms with Gasteiger partial charge in [0.25, 0.3) is 0 Å². The molecule has 2 rings (SSSR count). The summed E-state index contributed by atoms with van der Waals surface area (Å²) in [6, 6.07) is -0.261. The van der Waals surface area contributed by atoms with Crippen LogP contribution in [0.3, 0.4) is 0 Å². The molecule has 0 bridgehead atoms. The second kappa shape index (κ2) is 6.69. The highest BCUT2D eigenvalue weighted by molar-refractivity contribution is 8.14. The van der Waals surface area contributed by atoms with Crippen LogP contribution in [0.1, 0.15) is 6.92 Å². The van der Waals surface area contributed by atoms with Crippen molar-refractivity contribution in [3.8, 4) is 0 Å². The Kier molecular flexibility index (Phi) is 5.17. The fourth-order valence-corrected chi connectivity index (χ4v) is 3.73. The molecule has 2 aliphatic rings. The maximum Gasteiger partial charge on any atom is 0.161 e. The average molecular weight is 299 g/mol. The molecule has 2 heterocycles. The molecule has 0 radical (unpaired) electrons. The quantitative estimate of drug-likeness (QED) is 0.720. The first-order chi connectivity index (χ1) is 9.62. The molecule has 20 heavy (non-hydrogen) atoms. The lowest BCUT2D eigenvalue weighted by Gasteiger charge is -2.38. The van der Waals surface area contributed by atoms with Crippen molar-refractivity contribution in [2.45, 2.75) is 24.5 Å². The Balaban J connectivity index is 2.19. The van der Waals surface area contributed by atoms with Crippen LogP contribution in [-0.4, -0.2) is 67.4 Å². The summed E-state index contributed by atoms with van der Waals surface area (Å²) in [6.45, 7) is 3.37. The second-order valence-electron chi connectivity index (χ2n) is 5.19. The van der Waals surface area contributed by atoms with E-state index in [1.54, 1.807) is 0 Å². The molecular weight excluding hydrogens is 278 g/mol. The lowest BCUT2D eigenvalue weighted by atomic mass is 9.82. The molecular formula is C13H21N3O3S. The predicted molar refractivity (Wildman–Crippen MR) is 78.8 cm³/mol. The maximum absolute atomic E-state index is 11.4. The number of aldehydes is 2. The van der Waals surface area contributed by atoms with E-state index in [0.717, 1.165) is 24.3 Å². The van der Waals surface area contributed by atoms with Gasteiger partial charge in [-0.05, 0) is 6.54 Å². The summed E-state index contributed by atoms with van der Waals surface area (Å²) in [5.41, 5.74) is -0.178. The summed E-state index contributed by atoms with van der Waals surface area (Å²) in [7, 11) is 3.82. The van der Waals surface area contributed by atoms with Gasteiger partial charge in [-0.25, -0.2) is 0 Å². The number of hydrogen-bond acceptors (Lipinski definition) is 7. The summed E-state index contributed by atoms with van der Waals surface area (Å²) < 4.78 is 6.00. The number of likely N-dealkylation sites (N-methyl/N-ethyl adjacent to an activating group) is 1. The topological polar surface area (TPSA) is 71.0 Å². The van der Waals surface area contributed by atoms with E-state index in [9.17, 15) is 9.59 Å². The zero-order chi connectivity index (χ0) is 14.7. The third kappa shape index (κ3) is 2.89. The van der Waals surface area contributed by atoms with E-state index in [-0.39, 0.29) is 17.6 Å². The van der Waals surface area contributed by atoms with Crippen molar-refractivity contribution in [3.05, 3.63) is 0 Å². The van der Waals surface area contributed by atoms with Crippen LogP contribution in [0.5, 0.6) is 0 Å². The SMILES string of the molecule is CCNC[C@@H]1O[C@@H]2SC(N(C)C)=N[C@@H]2[C@H](C=O)[C@@H]1C=O. The molecule has 0 aromatic carbocycles. The zero-order valence-corrected chi connectivity index (χ0v) is 12.8. The summed E-state index contributed by atoms with van der Waals surface area (Å²) in [4.78, 5) is 29.3. The number of ether oxygens (including phenoxy) is 1. The molecule has 0 unspecified atom stereocenters. The van der Waals surface area contributed by atoms with Gasteiger partial charge in [-0.2, -0.15) is 0 Å². The largest absolute Gasteiger partial charge is 0.360 e. The van der Waals surface area contributed by atoms with Crippen molar-refractivity contribution >= 4 is 29.5 Å². The lowest BCUT2D eigenvalue weighted by molar-refractivity contribution is -0.137. The van der Waals surface area contributed by atoms with Crippen LogP contribution >= 0.6 is 11.8 Å². The molecule has 6 nitrogen and oxygen atoms in total. The first kappa shape index (κ1) is 15.5. The summed E-state index contributed by atoms with van der Waals surface area (Å²) >= 11 is 1.52. The summed E-state index contributed by atoms with van der Waals surface area (Å²) in [5.74, 6) is -0.835. The van der Waals surface area contributed by atoms with Gasteiger partial charge >= 0.3 is 0 Å². The molecule has 1 N–H and O–H groups in total. The van der Waals surface area contributed by atoms with Crippen LogP contribution in [-0.2, 0) is 14.3 Å². The van der Waals surface area contributed by atoms with E-state index in [4.69, 9.17) is 4.74 Å². The first-order valence-electron chi connectivity index (χ1n) is 6.80. The molecule has 0 saturated carbocycles. The van der Waals surface area contributed by atoms with Crippen molar-refractivity contribution in [2.24, 2.45) is 16.8 Å². The van der Waals surface area contributed by atoms with Crippen molar-refractivity contribution in [3.63, 3.8) is 0 Å². The monoisotopic (exact) mass is 299 g/mol. The van der Waals surface area contributed by atoms with Crippen LogP contribution in [0.25, 0.3) is 0 Å². The summed E-state index contributed by atoms with van der Waals surface area (Å²) in [5, 5.41) is 4.03. The highest BCUT2D eigenvalue weighted by Crippen LogP contribution is 2.41. The molecule has 0 spiro atoms. The minimum absolute atomic E-state index is 0.178. The van der Waals surface area contributed by atoms with E-state index in [2.05, 4.69) is 10.3 Å². The smallest absolute Gasteiger partial charge is 0.161 e. The Morgan fingerprint density at radius 2 is 2.05 bits per heavy atom. The van der Waals surface area contributed by atoms with Gasteiger partial charge in [-0.3, -0.25) is 4.99 Å². The third-order valence-corrected chi connectivity index (χ3v) is 4.93. The van der Waals surface area contributed by atoms with E-state index in [1.807, 2.05) is 25.9 Å². The van der Waals surface area contributed by atoms with Gasteiger partial charge in [-0.15, -0.1) is 0 Å². The third-order valence-electron chi connectivity index (χ3n) is 3.63. The highest BCUT2D eigenvalue weighted by atomic mass is 32.2. The van der Waals surface area contributed by atoms with Gasteiger partial charge in [-0.1, -0.05) is 18.7 Å². The number of hydrogen-bond donors (Lipinski definition) is 1. The Morgan fingerprint density at radius 3 is 2.60 bits per heavy atom. The number of amidine groups is 1. The molecule has 1 fully saturated rings. The number of aliphatic imine (C=N–C) groups is 1. The molecule has 1 saturated heterocycles. The van der Waals surface area contributed by atoms with Gasteiger partial charge < -0.3 is 24.5 Å². The van der Waals surface area contributed by atoms with E-state index < -0.39 is 11.8 Å². The number of nitrogens with one attached hydrogen (secondary N) is 1. The molecule has 0 aromatic heterocycles. The zero-order valence-electron chi connectivity index (χ0n) is 12.0. The number of thioether (sulfide) groups is 1. The molecule has 7 heteroatoms. The van der Waals surface area contributed by atoms with Gasteiger partial charge in [0, 0.05) is 20.6 Å². The van der Waals surface area contributed by atoms with Gasteiger partial charge in [0.15, 0.2) is 5.17 Å². The molecule has 112 valence electrons. The average Bonchev–Trinajstić information content (AvgIpc) is 2.86. The minimum atomic E-state index is -0.432. The standard InChI is InChI=1S/C13H21N3O3S/c1-4-14-5-10-8(6-17)9(7-18)11-12(19-10)20-13(15-11)16(2)3/h6-12,14H,4-5H2,1-3H3/t8-,9+,10-,11+,12+/m0/s1. The lowest BCUT2D eigenvalue weighted by Crippen LogP contribution is -2.52. The van der Waals surface area contributed by atoms with Crippen LogP contribution in [0.15, 0.2) is 4.99 Å². The number of carbonyl (C=O) groups is 2. The number of rotatable bonds is 5. The Hall–Kier alpha value is -0.920. The predicted octanol–water partition coefficient (Wildman–Crippen LogP) is -0.0160. The van der Waals surface area contributed by atoms with Gasteiger partial charge in [0.1, 0.15) is 18.0 Å². The van der Waals surface area contributed by atoms with Crippen LogP contribution < -0.4 is 5.32 Å². The van der Waals surface area contributed by atoms with Crippen molar-refractivity contribution in [1.29, 1.82) is 0 Å². The highest BCUT2D eigenvalue weighted by Gasteiger charge is 2.49. The van der Waals surface area contributed by atoms with Crippen molar-refractivity contribution < 1.29 is 14.3 Å². The number of carbonyl (C=O) groups excluding carboxylic acids is 2. The minimum Gasteiger partial charge on any atom is -0.360 e. The van der Waals surface area contributed by atoms with Crippen molar-refractivity contribution in [1.82, 2.24) is 10.2 Å². The maximum atomic E-state index is 11.4. The van der Waals surface area contributed by atoms with Gasteiger partial charge in [0.2, 0.25) is 0 Å². The van der Waals surface area contributed by atoms with Crippen LogP contribution in [0, 0.1) is 11.8 Å². The molecule has 0 amide bonds. The Bertz CT molecular complexity index is 402. The van der Waals surface area contributed by atoms with Crippen LogP contribution in [0.2, 0.25) is 0 Å². The molecule has 0 aromatic rings. The fraction of sp³-hybridized carbons (Fsp3) is 0.769. The number of fused-ring (bicyclic) bond motifs is 1. The summed E-state index contributed by atoms with van der Waals surface area (Å²) in [6.07, 6.45) is 1.43. The normalized spacial score (nSPS) is 36.1. The van der Waals surface area contributed by atoms with E-state index in [1.165, 1.54) is 11.8 Å².